The van der Waals surface area contributed by atoms with Crippen molar-refractivity contribution in [3.63, 3.8) is 0 Å². The number of hydrogen-bond acceptors (Lipinski definition) is 5. The van der Waals surface area contributed by atoms with Crippen LogP contribution in [0.3, 0.4) is 0 Å². The largest absolute Gasteiger partial charge is 0.478 e. The van der Waals surface area contributed by atoms with E-state index < -0.39 is 5.97 Å². The van der Waals surface area contributed by atoms with Crippen LogP contribution in [0.15, 0.2) is 29.3 Å². The third-order valence-corrected chi connectivity index (χ3v) is 3.33. The first-order chi connectivity index (χ1) is 9.15. The molecule has 0 aromatic heterocycles. The van der Waals surface area contributed by atoms with Crippen LogP contribution in [0.25, 0.3) is 0 Å². The van der Waals surface area contributed by atoms with E-state index in [0.29, 0.717) is 5.69 Å². The molecule has 6 nitrogen and oxygen atoms in total. The summed E-state index contributed by atoms with van der Waals surface area (Å²) in [4.78, 5) is 26.6. The number of carbonyl (C=O) groups excluding carboxylic acids is 1. The van der Waals surface area contributed by atoms with Gasteiger partial charge in [0.1, 0.15) is 0 Å². The van der Waals surface area contributed by atoms with Crippen LogP contribution in [0.1, 0.15) is 10.4 Å². The SMILES string of the molecule is O=C(CSC1=NCCN1)Nc1cccc(C(=O)O)c1. The Kier molecular flexibility index (Phi) is 4.40. The number of benzene rings is 1. The molecular formula is C12H13N3O3S. The van der Waals surface area contributed by atoms with Gasteiger partial charge >= 0.3 is 5.97 Å². The van der Waals surface area contributed by atoms with Gasteiger partial charge in [0, 0.05) is 12.2 Å². The summed E-state index contributed by atoms with van der Waals surface area (Å²) in [6.07, 6.45) is 0. The second-order valence-corrected chi connectivity index (χ2v) is 4.80. The minimum atomic E-state index is -1.02. The molecule has 0 saturated carbocycles. The molecular weight excluding hydrogens is 266 g/mol. The molecule has 0 saturated heterocycles. The summed E-state index contributed by atoms with van der Waals surface area (Å²) in [5.41, 5.74) is 0.624. The number of aliphatic imine (C=N–C) groups is 1. The van der Waals surface area contributed by atoms with Crippen LogP contribution in [0.4, 0.5) is 5.69 Å². The quantitative estimate of drug-likeness (QED) is 0.765. The third kappa shape index (κ3) is 3.99. The molecule has 100 valence electrons. The van der Waals surface area contributed by atoms with E-state index in [1.165, 1.54) is 23.9 Å². The van der Waals surface area contributed by atoms with E-state index in [1.54, 1.807) is 12.1 Å². The molecule has 1 aliphatic heterocycles. The highest BCUT2D eigenvalue weighted by molar-refractivity contribution is 8.14. The lowest BCUT2D eigenvalue weighted by Crippen LogP contribution is -2.20. The van der Waals surface area contributed by atoms with E-state index in [4.69, 9.17) is 5.11 Å². The van der Waals surface area contributed by atoms with Crippen LogP contribution in [0, 0.1) is 0 Å². The topological polar surface area (TPSA) is 90.8 Å². The third-order valence-electron chi connectivity index (χ3n) is 2.38. The second-order valence-electron chi connectivity index (χ2n) is 3.84. The first kappa shape index (κ1) is 13.4. The van der Waals surface area contributed by atoms with Gasteiger partial charge in [-0.1, -0.05) is 17.8 Å². The second kappa shape index (κ2) is 6.24. The number of thioether (sulfide) groups is 1. The van der Waals surface area contributed by atoms with Crippen LogP contribution in [0.5, 0.6) is 0 Å². The molecule has 1 aromatic rings. The molecule has 1 aliphatic rings. The number of nitrogens with zero attached hydrogens (tertiary/aromatic N) is 1. The fourth-order valence-electron chi connectivity index (χ4n) is 1.53. The Morgan fingerprint density at radius 2 is 2.32 bits per heavy atom. The Labute approximate surface area is 114 Å². The lowest BCUT2D eigenvalue weighted by molar-refractivity contribution is -0.113. The zero-order valence-electron chi connectivity index (χ0n) is 10.0. The lowest BCUT2D eigenvalue weighted by atomic mass is 10.2. The molecule has 0 spiro atoms. The lowest BCUT2D eigenvalue weighted by Gasteiger charge is -2.06. The molecule has 7 heteroatoms. The smallest absolute Gasteiger partial charge is 0.335 e. The highest BCUT2D eigenvalue weighted by atomic mass is 32.2. The van der Waals surface area contributed by atoms with Crippen molar-refractivity contribution in [3.8, 4) is 0 Å². The van der Waals surface area contributed by atoms with Crippen molar-refractivity contribution in [1.29, 1.82) is 0 Å². The molecule has 0 bridgehead atoms. The van der Waals surface area contributed by atoms with Gasteiger partial charge in [0.2, 0.25) is 5.91 Å². The fourth-order valence-corrected chi connectivity index (χ4v) is 2.26. The van der Waals surface area contributed by atoms with Gasteiger partial charge in [-0.15, -0.1) is 0 Å². The van der Waals surface area contributed by atoms with Crippen molar-refractivity contribution in [2.75, 3.05) is 24.2 Å². The van der Waals surface area contributed by atoms with E-state index in [-0.39, 0.29) is 17.2 Å². The van der Waals surface area contributed by atoms with Gasteiger partial charge in [-0.25, -0.2) is 4.79 Å². The Bertz CT molecular complexity index is 531. The van der Waals surface area contributed by atoms with Crippen molar-refractivity contribution < 1.29 is 14.7 Å². The average Bonchev–Trinajstić information content (AvgIpc) is 2.90. The van der Waals surface area contributed by atoms with E-state index in [1.807, 2.05) is 0 Å². The number of hydrogen-bond donors (Lipinski definition) is 3. The summed E-state index contributed by atoms with van der Waals surface area (Å²) in [5, 5.41) is 15.3. The first-order valence-corrected chi connectivity index (χ1v) is 6.68. The average molecular weight is 279 g/mol. The number of nitrogens with one attached hydrogen (secondary N) is 2. The molecule has 3 N–H and O–H groups in total. The number of amidine groups is 1. The van der Waals surface area contributed by atoms with Gasteiger partial charge < -0.3 is 15.7 Å². The molecule has 1 heterocycles. The van der Waals surface area contributed by atoms with Crippen molar-refractivity contribution in [3.05, 3.63) is 29.8 Å². The number of carbonyl (C=O) groups is 2. The monoisotopic (exact) mass is 279 g/mol. The van der Waals surface area contributed by atoms with E-state index in [2.05, 4.69) is 15.6 Å². The van der Waals surface area contributed by atoms with Crippen LogP contribution < -0.4 is 10.6 Å². The fraction of sp³-hybridized carbons (Fsp3) is 0.250. The van der Waals surface area contributed by atoms with Crippen LogP contribution in [-0.4, -0.2) is 41.0 Å². The van der Waals surface area contributed by atoms with Gasteiger partial charge in [-0.3, -0.25) is 9.79 Å². The van der Waals surface area contributed by atoms with Gasteiger partial charge in [-0.2, -0.15) is 0 Å². The Balaban J connectivity index is 1.87. The molecule has 0 fully saturated rings. The number of anilines is 1. The summed E-state index contributed by atoms with van der Waals surface area (Å²) < 4.78 is 0. The molecule has 2 rings (SSSR count). The highest BCUT2D eigenvalue weighted by Gasteiger charge is 2.10. The summed E-state index contributed by atoms with van der Waals surface area (Å²) in [6, 6.07) is 6.15. The predicted octanol–water partition coefficient (Wildman–Crippen LogP) is 1.02. The number of carboxylic acid groups (broad SMARTS) is 1. The Morgan fingerprint density at radius 1 is 1.47 bits per heavy atom. The highest BCUT2D eigenvalue weighted by Crippen LogP contribution is 2.12. The molecule has 1 amide bonds. The number of aromatic carboxylic acids is 1. The van der Waals surface area contributed by atoms with Crippen LogP contribution in [0.2, 0.25) is 0 Å². The van der Waals surface area contributed by atoms with Gasteiger partial charge in [0.15, 0.2) is 5.17 Å². The minimum absolute atomic E-state index is 0.146. The van der Waals surface area contributed by atoms with Crippen molar-refractivity contribution in [1.82, 2.24) is 5.32 Å². The van der Waals surface area contributed by atoms with Crippen LogP contribution >= 0.6 is 11.8 Å². The first-order valence-electron chi connectivity index (χ1n) is 5.69. The van der Waals surface area contributed by atoms with Crippen LogP contribution in [-0.2, 0) is 4.79 Å². The van der Waals surface area contributed by atoms with E-state index >= 15 is 0 Å². The Morgan fingerprint density at radius 3 is 3.00 bits per heavy atom. The Hall–Kier alpha value is -2.02. The molecule has 19 heavy (non-hydrogen) atoms. The van der Waals surface area contributed by atoms with Crippen molar-refractivity contribution in [2.24, 2.45) is 4.99 Å². The van der Waals surface area contributed by atoms with Crippen molar-refractivity contribution in [2.45, 2.75) is 0 Å². The maximum Gasteiger partial charge on any atom is 0.335 e. The zero-order valence-corrected chi connectivity index (χ0v) is 10.9. The summed E-state index contributed by atoms with van der Waals surface area (Å²) in [6.45, 7) is 1.55. The zero-order chi connectivity index (χ0) is 13.7. The van der Waals surface area contributed by atoms with Gasteiger partial charge in [-0.05, 0) is 18.2 Å². The van der Waals surface area contributed by atoms with E-state index in [0.717, 1.165) is 18.3 Å². The minimum Gasteiger partial charge on any atom is -0.478 e. The van der Waals surface area contributed by atoms with Gasteiger partial charge in [0.05, 0.1) is 17.9 Å². The molecule has 0 unspecified atom stereocenters. The molecule has 1 aromatic carbocycles. The maximum absolute atomic E-state index is 11.7. The maximum atomic E-state index is 11.7. The van der Waals surface area contributed by atoms with E-state index in [9.17, 15) is 9.59 Å². The predicted molar refractivity (Wildman–Crippen MR) is 74.8 cm³/mol. The standard InChI is InChI=1S/C12H13N3O3S/c16-10(7-19-12-13-4-5-14-12)15-9-3-1-2-8(6-9)11(17)18/h1-3,6H,4-5,7H2,(H,13,14)(H,15,16)(H,17,18). The molecule has 0 aliphatic carbocycles. The molecule has 0 atom stereocenters. The number of amides is 1. The van der Waals surface area contributed by atoms with Gasteiger partial charge in [0.25, 0.3) is 0 Å². The summed E-state index contributed by atoms with van der Waals surface area (Å²) in [7, 11) is 0. The normalized spacial score (nSPS) is 13.6. The summed E-state index contributed by atoms with van der Waals surface area (Å²) in [5.74, 6) is -0.970. The number of carboxylic acids is 1. The molecule has 0 radical (unpaired) electrons. The van der Waals surface area contributed by atoms with Crippen molar-refractivity contribution >= 4 is 34.5 Å². The summed E-state index contributed by atoms with van der Waals surface area (Å²) >= 11 is 1.33. The number of rotatable bonds is 4.